The van der Waals surface area contributed by atoms with Crippen LogP contribution in [-0.2, 0) is 16.0 Å². The molecule has 2 rings (SSSR count). The van der Waals surface area contributed by atoms with Crippen LogP contribution in [0.25, 0.3) is 0 Å². The first-order valence-corrected chi connectivity index (χ1v) is 9.43. The number of likely N-dealkylation sites (tertiary alicyclic amines) is 1. The summed E-state index contributed by atoms with van der Waals surface area (Å²) in [4.78, 5) is 25.0. The van der Waals surface area contributed by atoms with Gasteiger partial charge >= 0.3 is 12.0 Å². The highest BCUT2D eigenvalue weighted by Gasteiger charge is 2.31. The lowest BCUT2D eigenvalue weighted by atomic mass is 9.91. The molecule has 0 saturated carbocycles. The van der Waals surface area contributed by atoms with Gasteiger partial charge in [-0.05, 0) is 37.2 Å². The molecule has 6 heteroatoms. The summed E-state index contributed by atoms with van der Waals surface area (Å²) in [5.41, 5.74) is 1.27. The van der Waals surface area contributed by atoms with Gasteiger partial charge in [-0.15, -0.1) is 0 Å². The van der Waals surface area contributed by atoms with Crippen LogP contribution in [0.4, 0.5) is 4.79 Å². The Kier molecular flexibility index (Phi) is 8.41. The molecule has 1 aliphatic heterocycles. The van der Waals surface area contributed by atoms with Crippen LogP contribution in [-0.4, -0.2) is 54.9 Å². The summed E-state index contributed by atoms with van der Waals surface area (Å²) in [5.74, 6) is -1.06. The summed E-state index contributed by atoms with van der Waals surface area (Å²) in [6.45, 7) is 4.89. The number of carbonyl (C=O) groups excluding carboxylic acids is 1. The van der Waals surface area contributed by atoms with E-state index in [1.165, 1.54) is 5.56 Å². The van der Waals surface area contributed by atoms with Gasteiger partial charge in [0.15, 0.2) is 0 Å². The minimum absolute atomic E-state index is 0.159. The predicted molar refractivity (Wildman–Crippen MR) is 100 cm³/mol. The SMILES string of the molecule is CC1CC(C(=O)O)CN(C(=O)NCCCCOCCc2ccccc2)C1. The third-order valence-corrected chi connectivity index (χ3v) is 4.67. The van der Waals surface area contributed by atoms with Crippen LogP contribution in [0, 0.1) is 11.8 Å². The van der Waals surface area contributed by atoms with Gasteiger partial charge in [-0.25, -0.2) is 4.79 Å². The van der Waals surface area contributed by atoms with E-state index in [-0.39, 0.29) is 11.9 Å². The van der Waals surface area contributed by atoms with Gasteiger partial charge in [0, 0.05) is 26.2 Å². The smallest absolute Gasteiger partial charge is 0.317 e. The molecule has 0 bridgehead atoms. The van der Waals surface area contributed by atoms with E-state index in [9.17, 15) is 14.7 Å². The number of amides is 2. The van der Waals surface area contributed by atoms with Gasteiger partial charge in [0.25, 0.3) is 0 Å². The molecule has 2 N–H and O–H groups in total. The van der Waals surface area contributed by atoms with E-state index in [0.29, 0.717) is 39.3 Å². The van der Waals surface area contributed by atoms with Crippen LogP contribution in [0.15, 0.2) is 30.3 Å². The molecular formula is C20H30N2O4. The molecule has 26 heavy (non-hydrogen) atoms. The molecule has 0 radical (unpaired) electrons. The van der Waals surface area contributed by atoms with E-state index in [1.54, 1.807) is 4.90 Å². The van der Waals surface area contributed by atoms with Crippen LogP contribution >= 0.6 is 0 Å². The molecule has 1 aromatic rings. The summed E-state index contributed by atoms with van der Waals surface area (Å²) >= 11 is 0. The minimum Gasteiger partial charge on any atom is -0.481 e. The third-order valence-electron chi connectivity index (χ3n) is 4.67. The van der Waals surface area contributed by atoms with Crippen molar-refractivity contribution in [2.24, 2.45) is 11.8 Å². The number of hydrogen-bond acceptors (Lipinski definition) is 3. The Labute approximate surface area is 155 Å². The van der Waals surface area contributed by atoms with E-state index < -0.39 is 11.9 Å². The lowest BCUT2D eigenvalue weighted by Crippen LogP contribution is -2.49. The minimum atomic E-state index is -0.818. The largest absolute Gasteiger partial charge is 0.481 e. The highest BCUT2D eigenvalue weighted by molar-refractivity contribution is 5.76. The molecule has 2 amide bonds. The summed E-state index contributed by atoms with van der Waals surface area (Å²) in [6.07, 6.45) is 3.29. The fraction of sp³-hybridized carbons (Fsp3) is 0.600. The van der Waals surface area contributed by atoms with Gasteiger partial charge in [0.2, 0.25) is 0 Å². The Balaban J connectivity index is 1.52. The molecule has 0 aliphatic carbocycles. The molecule has 2 unspecified atom stereocenters. The van der Waals surface area contributed by atoms with Gasteiger partial charge < -0.3 is 20.1 Å². The lowest BCUT2D eigenvalue weighted by molar-refractivity contribution is -0.143. The van der Waals surface area contributed by atoms with E-state index >= 15 is 0 Å². The van der Waals surface area contributed by atoms with Crippen molar-refractivity contribution in [1.29, 1.82) is 0 Å². The molecule has 1 aromatic carbocycles. The Bertz CT molecular complexity index is 564. The first-order valence-electron chi connectivity index (χ1n) is 9.43. The number of urea groups is 1. The zero-order chi connectivity index (χ0) is 18.8. The van der Waals surface area contributed by atoms with Crippen LogP contribution in [0.5, 0.6) is 0 Å². The van der Waals surface area contributed by atoms with E-state index in [1.807, 2.05) is 25.1 Å². The number of hydrogen-bond donors (Lipinski definition) is 2. The molecular weight excluding hydrogens is 332 g/mol. The molecule has 144 valence electrons. The number of carbonyl (C=O) groups is 2. The average Bonchev–Trinajstić information content (AvgIpc) is 2.64. The quantitative estimate of drug-likeness (QED) is 0.662. The van der Waals surface area contributed by atoms with Gasteiger partial charge in [-0.1, -0.05) is 37.3 Å². The molecule has 1 aliphatic rings. The first kappa shape index (κ1) is 20.2. The summed E-state index contributed by atoms with van der Waals surface area (Å²) in [7, 11) is 0. The number of unbranched alkanes of at least 4 members (excludes halogenated alkanes) is 1. The van der Waals surface area contributed by atoms with Crippen LogP contribution < -0.4 is 5.32 Å². The number of carboxylic acid groups (broad SMARTS) is 1. The van der Waals surface area contributed by atoms with Crippen molar-refractivity contribution < 1.29 is 19.4 Å². The topological polar surface area (TPSA) is 78.9 Å². The maximum Gasteiger partial charge on any atom is 0.317 e. The highest BCUT2D eigenvalue weighted by atomic mass is 16.5. The summed E-state index contributed by atoms with van der Waals surface area (Å²) in [6, 6.07) is 10.1. The highest BCUT2D eigenvalue weighted by Crippen LogP contribution is 2.21. The second kappa shape index (κ2) is 10.8. The van der Waals surface area contributed by atoms with Crippen molar-refractivity contribution in [2.45, 2.75) is 32.6 Å². The summed E-state index contributed by atoms with van der Waals surface area (Å²) in [5, 5.41) is 12.1. The van der Waals surface area contributed by atoms with E-state index in [0.717, 1.165) is 19.3 Å². The van der Waals surface area contributed by atoms with Crippen molar-refractivity contribution in [2.75, 3.05) is 32.8 Å². The number of aliphatic carboxylic acids is 1. The Morgan fingerprint density at radius 2 is 1.96 bits per heavy atom. The predicted octanol–water partition coefficient (Wildman–Crippen LogP) is 2.78. The average molecular weight is 362 g/mol. The lowest BCUT2D eigenvalue weighted by Gasteiger charge is -2.34. The van der Waals surface area contributed by atoms with Gasteiger partial charge in [-0.3, -0.25) is 4.79 Å². The number of nitrogens with one attached hydrogen (secondary N) is 1. The number of benzene rings is 1. The monoisotopic (exact) mass is 362 g/mol. The van der Waals surface area contributed by atoms with Crippen LogP contribution in [0.2, 0.25) is 0 Å². The number of nitrogens with zero attached hydrogens (tertiary/aromatic N) is 1. The second-order valence-corrected chi connectivity index (χ2v) is 7.07. The van der Waals surface area contributed by atoms with Crippen molar-refractivity contribution in [1.82, 2.24) is 10.2 Å². The van der Waals surface area contributed by atoms with E-state index in [2.05, 4.69) is 17.4 Å². The van der Waals surface area contributed by atoms with Crippen LogP contribution in [0.3, 0.4) is 0 Å². The van der Waals surface area contributed by atoms with Crippen molar-refractivity contribution in [3.05, 3.63) is 35.9 Å². The van der Waals surface area contributed by atoms with Gasteiger partial charge in [-0.2, -0.15) is 0 Å². The number of carboxylic acids is 1. The molecule has 0 spiro atoms. The van der Waals surface area contributed by atoms with Gasteiger partial charge in [0.1, 0.15) is 0 Å². The normalized spacial score (nSPS) is 20.0. The molecule has 1 saturated heterocycles. The Hall–Kier alpha value is -2.08. The van der Waals surface area contributed by atoms with Gasteiger partial charge in [0.05, 0.1) is 12.5 Å². The molecule has 6 nitrogen and oxygen atoms in total. The molecule has 1 heterocycles. The third kappa shape index (κ3) is 7.04. The fourth-order valence-electron chi connectivity index (χ4n) is 3.27. The fourth-order valence-corrected chi connectivity index (χ4v) is 3.27. The number of rotatable bonds is 9. The number of piperidine rings is 1. The Morgan fingerprint density at radius 3 is 2.69 bits per heavy atom. The summed E-state index contributed by atoms with van der Waals surface area (Å²) < 4.78 is 5.63. The van der Waals surface area contributed by atoms with Crippen molar-refractivity contribution >= 4 is 12.0 Å². The van der Waals surface area contributed by atoms with E-state index in [4.69, 9.17) is 4.74 Å². The van der Waals surface area contributed by atoms with Crippen molar-refractivity contribution in [3.63, 3.8) is 0 Å². The molecule has 2 atom stereocenters. The molecule has 0 aromatic heterocycles. The Morgan fingerprint density at radius 1 is 1.19 bits per heavy atom. The van der Waals surface area contributed by atoms with Crippen LogP contribution in [0.1, 0.15) is 31.7 Å². The number of ether oxygens (including phenoxy) is 1. The zero-order valence-electron chi connectivity index (χ0n) is 15.5. The van der Waals surface area contributed by atoms with Crippen molar-refractivity contribution in [3.8, 4) is 0 Å². The standard InChI is InChI=1S/C20H30N2O4/c1-16-13-18(19(23)24)15-22(14-16)20(25)21-10-5-6-11-26-12-9-17-7-3-2-4-8-17/h2-4,7-8,16,18H,5-6,9-15H2,1H3,(H,21,25)(H,23,24). The first-order chi connectivity index (χ1) is 12.6. The molecule has 1 fully saturated rings. The maximum absolute atomic E-state index is 12.2. The second-order valence-electron chi connectivity index (χ2n) is 7.07. The zero-order valence-corrected chi connectivity index (χ0v) is 15.5. The maximum atomic E-state index is 12.2.